The van der Waals surface area contributed by atoms with E-state index in [1.807, 2.05) is 30.3 Å². The van der Waals surface area contributed by atoms with Gasteiger partial charge in [-0.15, -0.1) is 6.58 Å². The lowest BCUT2D eigenvalue weighted by Crippen LogP contribution is -2.23. The fourth-order valence-corrected chi connectivity index (χ4v) is 1.63. The number of allylic oxidation sites excluding steroid dienone is 1. The van der Waals surface area contributed by atoms with E-state index >= 15 is 0 Å². The Bertz CT molecular complexity index is 335. The summed E-state index contributed by atoms with van der Waals surface area (Å²) in [5.41, 5.74) is 2.00. The van der Waals surface area contributed by atoms with Gasteiger partial charge in [0, 0.05) is 11.7 Å². The van der Waals surface area contributed by atoms with Gasteiger partial charge < -0.3 is 10.4 Å². The second-order valence-corrected chi connectivity index (χ2v) is 4.29. The molecular weight excluding hydrogens is 198 g/mol. The lowest BCUT2D eigenvalue weighted by atomic mass is 9.99. The van der Waals surface area contributed by atoms with Crippen molar-refractivity contribution in [1.29, 1.82) is 0 Å². The van der Waals surface area contributed by atoms with Crippen LogP contribution in [0.5, 0.6) is 0 Å². The molecule has 0 radical (unpaired) electrons. The van der Waals surface area contributed by atoms with Gasteiger partial charge in [0.15, 0.2) is 0 Å². The maximum absolute atomic E-state index is 9.05. The van der Waals surface area contributed by atoms with Crippen LogP contribution in [0.3, 0.4) is 0 Å². The summed E-state index contributed by atoms with van der Waals surface area (Å²) in [7, 11) is 0. The molecule has 0 heterocycles. The molecule has 1 aromatic carbocycles. The van der Waals surface area contributed by atoms with Gasteiger partial charge >= 0.3 is 0 Å². The molecule has 1 aromatic rings. The maximum Gasteiger partial charge on any atom is 0.0682 e. The summed E-state index contributed by atoms with van der Waals surface area (Å²) in [5.74, 6) is 0.551. The fraction of sp³-hybridized carbons (Fsp3) is 0.429. The largest absolute Gasteiger partial charge is 0.392 e. The van der Waals surface area contributed by atoms with E-state index in [4.69, 9.17) is 5.11 Å². The zero-order valence-electron chi connectivity index (χ0n) is 10.1. The number of hydrogen-bond acceptors (Lipinski definition) is 2. The van der Waals surface area contributed by atoms with Crippen molar-refractivity contribution in [3.8, 4) is 0 Å². The standard InChI is InChI=1S/C14H21NO/c1-4-6-11(2)12(3)15-14-8-5-7-13(9-14)10-16/h4-5,7-9,11-12,15-16H,1,6,10H2,2-3H3/t11-,12-/m1/s1. The monoisotopic (exact) mass is 219 g/mol. The lowest BCUT2D eigenvalue weighted by molar-refractivity contribution is 0.282. The summed E-state index contributed by atoms with van der Waals surface area (Å²) >= 11 is 0. The summed E-state index contributed by atoms with van der Waals surface area (Å²) in [5, 5.41) is 12.5. The summed E-state index contributed by atoms with van der Waals surface area (Å²) in [4.78, 5) is 0. The topological polar surface area (TPSA) is 32.3 Å². The van der Waals surface area contributed by atoms with Crippen molar-refractivity contribution in [2.45, 2.75) is 32.9 Å². The van der Waals surface area contributed by atoms with Gasteiger partial charge in [-0.3, -0.25) is 0 Å². The molecule has 1 rings (SSSR count). The van der Waals surface area contributed by atoms with Gasteiger partial charge in [-0.25, -0.2) is 0 Å². The predicted octanol–water partition coefficient (Wildman–Crippen LogP) is 3.19. The third-order valence-electron chi connectivity index (χ3n) is 2.90. The van der Waals surface area contributed by atoms with Crippen LogP contribution in [0.15, 0.2) is 36.9 Å². The van der Waals surface area contributed by atoms with E-state index in [1.54, 1.807) is 0 Å². The van der Waals surface area contributed by atoms with Crippen LogP contribution in [-0.4, -0.2) is 11.1 Å². The van der Waals surface area contributed by atoms with Crippen LogP contribution in [0.25, 0.3) is 0 Å². The van der Waals surface area contributed by atoms with Crippen LogP contribution in [0, 0.1) is 5.92 Å². The van der Waals surface area contributed by atoms with Crippen LogP contribution in [0.4, 0.5) is 5.69 Å². The van der Waals surface area contributed by atoms with Crippen molar-refractivity contribution in [3.05, 3.63) is 42.5 Å². The first-order chi connectivity index (χ1) is 7.67. The van der Waals surface area contributed by atoms with Gasteiger partial charge in [0.1, 0.15) is 0 Å². The molecule has 0 amide bonds. The van der Waals surface area contributed by atoms with Crippen molar-refractivity contribution in [1.82, 2.24) is 0 Å². The van der Waals surface area contributed by atoms with Gasteiger partial charge in [0.05, 0.1) is 6.61 Å². The number of nitrogens with one attached hydrogen (secondary N) is 1. The Kier molecular flexibility index (Phi) is 5.06. The summed E-state index contributed by atoms with van der Waals surface area (Å²) < 4.78 is 0. The minimum Gasteiger partial charge on any atom is -0.392 e. The molecule has 0 bridgehead atoms. The molecule has 0 aliphatic rings. The first-order valence-corrected chi connectivity index (χ1v) is 5.74. The van der Waals surface area contributed by atoms with E-state index in [0.29, 0.717) is 12.0 Å². The average Bonchev–Trinajstić information content (AvgIpc) is 2.29. The number of aliphatic hydroxyl groups excluding tert-OH is 1. The Morgan fingerprint density at radius 1 is 1.44 bits per heavy atom. The van der Waals surface area contributed by atoms with Crippen LogP contribution in [0.1, 0.15) is 25.8 Å². The number of rotatable bonds is 6. The molecule has 0 aliphatic heterocycles. The lowest BCUT2D eigenvalue weighted by Gasteiger charge is -2.21. The molecule has 0 saturated heterocycles. The smallest absolute Gasteiger partial charge is 0.0682 e. The van der Waals surface area contributed by atoms with E-state index in [9.17, 15) is 0 Å². The van der Waals surface area contributed by atoms with Crippen molar-refractivity contribution >= 4 is 5.69 Å². The molecule has 2 heteroatoms. The minimum atomic E-state index is 0.0894. The van der Waals surface area contributed by atoms with E-state index in [2.05, 4.69) is 25.7 Å². The normalized spacial score (nSPS) is 14.2. The molecule has 0 fully saturated rings. The molecule has 88 valence electrons. The van der Waals surface area contributed by atoms with Gasteiger partial charge in [0.2, 0.25) is 0 Å². The van der Waals surface area contributed by atoms with Crippen LogP contribution in [0.2, 0.25) is 0 Å². The first kappa shape index (κ1) is 12.8. The highest BCUT2D eigenvalue weighted by Crippen LogP contribution is 2.16. The van der Waals surface area contributed by atoms with Gasteiger partial charge in [-0.1, -0.05) is 25.1 Å². The molecule has 2 N–H and O–H groups in total. The van der Waals surface area contributed by atoms with Crippen molar-refractivity contribution in [3.63, 3.8) is 0 Å². The van der Waals surface area contributed by atoms with Gasteiger partial charge in [-0.2, -0.15) is 0 Å². The molecular formula is C14H21NO. The Morgan fingerprint density at radius 3 is 2.81 bits per heavy atom. The number of benzene rings is 1. The Balaban J connectivity index is 2.61. The SMILES string of the molecule is C=CC[C@@H](C)[C@@H](C)Nc1cccc(CO)c1. The molecule has 0 saturated carbocycles. The van der Waals surface area contributed by atoms with Crippen LogP contribution < -0.4 is 5.32 Å². The molecule has 2 atom stereocenters. The average molecular weight is 219 g/mol. The molecule has 2 nitrogen and oxygen atoms in total. The predicted molar refractivity (Wildman–Crippen MR) is 69.4 cm³/mol. The maximum atomic E-state index is 9.05. The molecule has 16 heavy (non-hydrogen) atoms. The van der Waals surface area contributed by atoms with E-state index in [-0.39, 0.29) is 6.61 Å². The fourth-order valence-electron chi connectivity index (χ4n) is 1.63. The van der Waals surface area contributed by atoms with Gasteiger partial charge in [0.25, 0.3) is 0 Å². The van der Waals surface area contributed by atoms with E-state index in [1.165, 1.54) is 0 Å². The molecule has 0 spiro atoms. The summed E-state index contributed by atoms with van der Waals surface area (Å²) in [6.07, 6.45) is 2.96. The Labute approximate surface area is 98.0 Å². The number of anilines is 1. The van der Waals surface area contributed by atoms with Crippen molar-refractivity contribution in [2.75, 3.05) is 5.32 Å². The molecule has 0 unspecified atom stereocenters. The first-order valence-electron chi connectivity index (χ1n) is 5.74. The number of aliphatic hydroxyl groups is 1. The molecule has 0 aromatic heterocycles. The van der Waals surface area contributed by atoms with Gasteiger partial charge in [-0.05, 0) is 37.0 Å². The van der Waals surface area contributed by atoms with Crippen LogP contribution >= 0.6 is 0 Å². The second kappa shape index (κ2) is 6.33. The highest BCUT2D eigenvalue weighted by molar-refractivity contribution is 5.46. The Morgan fingerprint density at radius 2 is 2.19 bits per heavy atom. The highest BCUT2D eigenvalue weighted by Gasteiger charge is 2.10. The zero-order valence-corrected chi connectivity index (χ0v) is 10.1. The number of hydrogen-bond donors (Lipinski definition) is 2. The zero-order chi connectivity index (χ0) is 12.0. The van der Waals surface area contributed by atoms with Crippen molar-refractivity contribution in [2.24, 2.45) is 5.92 Å². The molecule has 0 aliphatic carbocycles. The Hall–Kier alpha value is -1.28. The summed E-state index contributed by atoms with van der Waals surface area (Å²) in [6, 6.07) is 8.28. The second-order valence-electron chi connectivity index (χ2n) is 4.29. The third-order valence-corrected chi connectivity index (χ3v) is 2.90. The summed E-state index contributed by atoms with van der Waals surface area (Å²) in [6.45, 7) is 8.22. The van der Waals surface area contributed by atoms with E-state index in [0.717, 1.165) is 17.7 Å². The third kappa shape index (κ3) is 3.70. The quantitative estimate of drug-likeness (QED) is 0.720. The van der Waals surface area contributed by atoms with Crippen LogP contribution in [-0.2, 0) is 6.61 Å². The minimum absolute atomic E-state index is 0.0894. The highest BCUT2D eigenvalue weighted by atomic mass is 16.3. The van der Waals surface area contributed by atoms with E-state index < -0.39 is 0 Å². The van der Waals surface area contributed by atoms with Crippen molar-refractivity contribution < 1.29 is 5.11 Å².